The Balaban J connectivity index is 2.38. The van der Waals surface area contributed by atoms with E-state index < -0.39 is 0 Å². The van der Waals surface area contributed by atoms with Crippen LogP contribution in [-0.2, 0) is 0 Å². The van der Waals surface area contributed by atoms with E-state index in [2.05, 4.69) is 10.1 Å². The standard InChI is InChI=1S/C12H10N4/c13-10-4-1-3-9-11(5-7-14-12(9)10)16-8-2-6-15-16/h1-8H,13H2. The van der Waals surface area contributed by atoms with Gasteiger partial charge in [-0.1, -0.05) is 12.1 Å². The van der Waals surface area contributed by atoms with Crippen LogP contribution in [0.15, 0.2) is 48.9 Å². The average molecular weight is 210 g/mol. The van der Waals surface area contributed by atoms with Crippen molar-refractivity contribution in [1.29, 1.82) is 0 Å². The number of nitrogens with zero attached hydrogens (tertiary/aromatic N) is 3. The Kier molecular flexibility index (Phi) is 1.86. The van der Waals surface area contributed by atoms with E-state index in [-0.39, 0.29) is 0 Å². The van der Waals surface area contributed by atoms with Gasteiger partial charge in [0.05, 0.1) is 16.9 Å². The van der Waals surface area contributed by atoms with E-state index >= 15 is 0 Å². The normalized spacial score (nSPS) is 10.8. The van der Waals surface area contributed by atoms with Gasteiger partial charge in [-0.3, -0.25) is 4.98 Å². The number of hydrogen-bond acceptors (Lipinski definition) is 3. The number of rotatable bonds is 1. The zero-order chi connectivity index (χ0) is 11.0. The Morgan fingerprint density at radius 3 is 2.81 bits per heavy atom. The van der Waals surface area contributed by atoms with Gasteiger partial charge >= 0.3 is 0 Å². The van der Waals surface area contributed by atoms with Gasteiger partial charge in [0.2, 0.25) is 0 Å². The molecule has 0 saturated carbocycles. The van der Waals surface area contributed by atoms with Crippen LogP contribution < -0.4 is 5.73 Å². The topological polar surface area (TPSA) is 56.7 Å². The van der Waals surface area contributed by atoms with E-state index in [0.717, 1.165) is 16.6 Å². The van der Waals surface area contributed by atoms with Crippen LogP contribution in [0.2, 0.25) is 0 Å². The number of para-hydroxylation sites is 1. The molecule has 2 aromatic heterocycles. The molecule has 3 aromatic rings. The fourth-order valence-electron chi connectivity index (χ4n) is 1.80. The minimum atomic E-state index is 0.687. The van der Waals surface area contributed by atoms with Crippen molar-refractivity contribution in [2.75, 3.05) is 5.73 Å². The highest BCUT2D eigenvalue weighted by atomic mass is 15.3. The molecule has 0 saturated heterocycles. The van der Waals surface area contributed by atoms with Crippen molar-refractivity contribution in [2.24, 2.45) is 0 Å². The molecule has 2 N–H and O–H groups in total. The molecule has 0 aliphatic carbocycles. The van der Waals surface area contributed by atoms with Crippen LogP contribution >= 0.6 is 0 Å². The van der Waals surface area contributed by atoms with E-state index in [4.69, 9.17) is 5.73 Å². The molecule has 0 radical (unpaired) electrons. The Hall–Kier alpha value is -2.36. The number of nitrogen functional groups attached to an aromatic ring is 1. The maximum atomic E-state index is 5.89. The number of pyridine rings is 1. The molecule has 4 heteroatoms. The van der Waals surface area contributed by atoms with E-state index in [1.54, 1.807) is 12.4 Å². The number of fused-ring (bicyclic) bond motifs is 1. The van der Waals surface area contributed by atoms with Gasteiger partial charge in [-0.15, -0.1) is 0 Å². The summed E-state index contributed by atoms with van der Waals surface area (Å²) in [5, 5.41) is 5.22. The summed E-state index contributed by atoms with van der Waals surface area (Å²) >= 11 is 0. The zero-order valence-electron chi connectivity index (χ0n) is 8.54. The first-order valence-electron chi connectivity index (χ1n) is 4.99. The molecule has 3 rings (SSSR count). The fourth-order valence-corrected chi connectivity index (χ4v) is 1.80. The van der Waals surface area contributed by atoms with Crippen molar-refractivity contribution in [3.05, 3.63) is 48.9 Å². The smallest absolute Gasteiger partial charge is 0.0952 e. The first-order valence-corrected chi connectivity index (χ1v) is 4.99. The summed E-state index contributed by atoms with van der Waals surface area (Å²) in [5.74, 6) is 0. The summed E-state index contributed by atoms with van der Waals surface area (Å²) in [6.45, 7) is 0. The molecule has 1 aromatic carbocycles. The third-order valence-electron chi connectivity index (χ3n) is 2.53. The molecule has 0 fully saturated rings. The zero-order valence-corrected chi connectivity index (χ0v) is 8.54. The Labute approximate surface area is 92.3 Å². The predicted molar refractivity (Wildman–Crippen MR) is 63.3 cm³/mol. The number of benzene rings is 1. The fraction of sp³-hybridized carbons (Fsp3) is 0. The molecule has 0 spiro atoms. The number of hydrogen-bond donors (Lipinski definition) is 1. The maximum Gasteiger partial charge on any atom is 0.0952 e. The SMILES string of the molecule is Nc1cccc2c(-n3cccn3)ccnc12. The second-order valence-electron chi connectivity index (χ2n) is 3.52. The molecule has 0 aliphatic rings. The van der Waals surface area contributed by atoms with Crippen LogP contribution in [-0.4, -0.2) is 14.8 Å². The molecule has 2 heterocycles. The molecule has 4 nitrogen and oxygen atoms in total. The van der Waals surface area contributed by atoms with Crippen molar-refractivity contribution < 1.29 is 0 Å². The minimum Gasteiger partial charge on any atom is -0.397 e. The van der Waals surface area contributed by atoms with Gasteiger partial charge in [0.1, 0.15) is 0 Å². The quantitative estimate of drug-likeness (QED) is 0.625. The predicted octanol–water partition coefficient (Wildman–Crippen LogP) is 2.00. The van der Waals surface area contributed by atoms with E-state index in [1.165, 1.54) is 0 Å². The lowest BCUT2D eigenvalue weighted by Gasteiger charge is -2.07. The summed E-state index contributed by atoms with van der Waals surface area (Å²) in [4.78, 5) is 4.29. The van der Waals surface area contributed by atoms with Crippen LogP contribution in [0.3, 0.4) is 0 Å². The van der Waals surface area contributed by atoms with Crippen LogP contribution in [0.5, 0.6) is 0 Å². The Bertz CT molecular complexity index is 629. The monoisotopic (exact) mass is 210 g/mol. The van der Waals surface area contributed by atoms with Gasteiger partial charge < -0.3 is 5.73 Å². The lowest BCUT2D eigenvalue weighted by molar-refractivity contribution is 0.886. The third kappa shape index (κ3) is 1.24. The van der Waals surface area contributed by atoms with Crippen molar-refractivity contribution in [3.63, 3.8) is 0 Å². The Morgan fingerprint density at radius 1 is 1.06 bits per heavy atom. The van der Waals surface area contributed by atoms with Crippen molar-refractivity contribution in [1.82, 2.24) is 14.8 Å². The second-order valence-corrected chi connectivity index (χ2v) is 3.52. The minimum absolute atomic E-state index is 0.687. The van der Waals surface area contributed by atoms with Gasteiger partial charge in [0, 0.05) is 24.0 Å². The first kappa shape index (κ1) is 8.91. The van der Waals surface area contributed by atoms with Crippen LogP contribution in [0, 0.1) is 0 Å². The maximum absolute atomic E-state index is 5.89. The highest BCUT2D eigenvalue weighted by Crippen LogP contribution is 2.23. The highest BCUT2D eigenvalue weighted by Gasteiger charge is 2.05. The summed E-state index contributed by atoms with van der Waals surface area (Å²) in [6.07, 6.45) is 5.40. The first-order chi connectivity index (χ1) is 7.86. The molecular weight excluding hydrogens is 200 g/mol. The van der Waals surface area contributed by atoms with Gasteiger partial charge in [-0.05, 0) is 18.2 Å². The van der Waals surface area contributed by atoms with Gasteiger partial charge in [-0.25, -0.2) is 4.68 Å². The molecule has 0 bridgehead atoms. The Morgan fingerprint density at radius 2 is 2.00 bits per heavy atom. The molecule has 0 aliphatic heterocycles. The van der Waals surface area contributed by atoms with Crippen LogP contribution in [0.4, 0.5) is 5.69 Å². The molecule has 0 atom stereocenters. The molecule has 0 amide bonds. The van der Waals surface area contributed by atoms with E-state index in [0.29, 0.717) is 5.69 Å². The van der Waals surface area contributed by atoms with Gasteiger partial charge in [0.25, 0.3) is 0 Å². The summed E-state index contributed by atoms with van der Waals surface area (Å²) < 4.78 is 1.81. The number of aromatic nitrogens is 3. The summed E-state index contributed by atoms with van der Waals surface area (Å²) in [6, 6.07) is 9.58. The summed E-state index contributed by atoms with van der Waals surface area (Å²) in [7, 11) is 0. The lowest BCUT2D eigenvalue weighted by atomic mass is 10.1. The van der Waals surface area contributed by atoms with Gasteiger partial charge in [-0.2, -0.15) is 5.10 Å². The van der Waals surface area contributed by atoms with Gasteiger partial charge in [0.15, 0.2) is 0 Å². The lowest BCUT2D eigenvalue weighted by Crippen LogP contribution is -1.97. The molecule has 16 heavy (non-hydrogen) atoms. The van der Waals surface area contributed by atoms with E-state index in [9.17, 15) is 0 Å². The second kappa shape index (κ2) is 3.34. The van der Waals surface area contributed by atoms with Crippen molar-refractivity contribution in [3.8, 4) is 5.69 Å². The van der Waals surface area contributed by atoms with Crippen molar-refractivity contribution >= 4 is 16.6 Å². The molecule has 78 valence electrons. The number of anilines is 1. The van der Waals surface area contributed by atoms with E-state index in [1.807, 2.05) is 41.2 Å². The average Bonchev–Trinajstić information content (AvgIpc) is 2.82. The molecular formula is C12H10N4. The number of nitrogens with two attached hydrogens (primary N) is 1. The largest absolute Gasteiger partial charge is 0.397 e. The van der Waals surface area contributed by atoms with Crippen molar-refractivity contribution in [2.45, 2.75) is 0 Å². The van der Waals surface area contributed by atoms with Crippen LogP contribution in [0.25, 0.3) is 16.6 Å². The molecule has 0 unspecified atom stereocenters. The third-order valence-corrected chi connectivity index (χ3v) is 2.53. The van der Waals surface area contributed by atoms with Crippen LogP contribution in [0.1, 0.15) is 0 Å². The summed E-state index contributed by atoms with van der Waals surface area (Å²) in [5.41, 5.74) is 8.38. The highest BCUT2D eigenvalue weighted by molar-refractivity contribution is 5.94.